The summed E-state index contributed by atoms with van der Waals surface area (Å²) in [5, 5.41) is 7.68. The van der Waals surface area contributed by atoms with Crippen LogP contribution in [0.25, 0.3) is 10.8 Å². The van der Waals surface area contributed by atoms with Gasteiger partial charge in [0.2, 0.25) is 17.7 Å². The van der Waals surface area contributed by atoms with Gasteiger partial charge in [-0.1, -0.05) is 36.4 Å². The predicted octanol–water partition coefficient (Wildman–Crippen LogP) is 0.743. The Bertz CT molecular complexity index is 965. The third kappa shape index (κ3) is 5.03. The monoisotopic (exact) mass is 423 g/mol. The molecule has 31 heavy (non-hydrogen) atoms. The lowest BCUT2D eigenvalue weighted by molar-refractivity contribution is -0.145. The Labute approximate surface area is 182 Å². The summed E-state index contributed by atoms with van der Waals surface area (Å²) in [6, 6.07) is 12.7. The third-order valence-corrected chi connectivity index (χ3v) is 6.05. The number of nitrogens with one attached hydrogen (secondary N) is 2. The SMILES string of the molecule is CN1CCN(CC(=O)N2CCNC(=O)[C@H]2CC(=O)Nc2cccc3ccccc23)CC1. The van der Waals surface area contributed by atoms with E-state index < -0.39 is 6.04 Å². The number of nitrogens with zero attached hydrogens (tertiary/aromatic N) is 3. The van der Waals surface area contributed by atoms with Gasteiger partial charge in [0.1, 0.15) is 6.04 Å². The number of hydrogen-bond acceptors (Lipinski definition) is 5. The van der Waals surface area contributed by atoms with Crippen LogP contribution in [0.1, 0.15) is 6.42 Å². The molecule has 2 fully saturated rings. The van der Waals surface area contributed by atoms with Crippen molar-refractivity contribution < 1.29 is 14.4 Å². The van der Waals surface area contributed by atoms with E-state index in [4.69, 9.17) is 0 Å². The Morgan fingerprint density at radius 2 is 1.77 bits per heavy atom. The van der Waals surface area contributed by atoms with Crippen molar-refractivity contribution in [1.82, 2.24) is 20.0 Å². The first-order valence-electron chi connectivity index (χ1n) is 10.8. The van der Waals surface area contributed by atoms with Crippen molar-refractivity contribution in [3.63, 3.8) is 0 Å². The van der Waals surface area contributed by atoms with Crippen molar-refractivity contribution in [3.8, 4) is 0 Å². The van der Waals surface area contributed by atoms with Gasteiger partial charge in [0.15, 0.2) is 0 Å². The fourth-order valence-corrected chi connectivity index (χ4v) is 4.22. The highest BCUT2D eigenvalue weighted by atomic mass is 16.2. The highest BCUT2D eigenvalue weighted by molar-refractivity contribution is 6.04. The number of carbonyl (C=O) groups is 3. The number of amides is 3. The van der Waals surface area contributed by atoms with Crippen LogP contribution in [-0.2, 0) is 14.4 Å². The van der Waals surface area contributed by atoms with Crippen LogP contribution in [-0.4, -0.2) is 91.3 Å². The zero-order valence-electron chi connectivity index (χ0n) is 17.8. The van der Waals surface area contributed by atoms with Crippen molar-refractivity contribution in [2.24, 2.45) is 0 Å². The molecule has 2 aromatic rings. The van der Waals surface area contributed by atoms with E-state index in [0.717, 1.165) is 37.0 Å². The van der Waals surface area contributed by atoms with Crippen LogP contribution >= 0.6 is 0 Å². The van der Waals surface area contributed by atoms with Gasteiger partial charge >= 0.3 is 0 Å². The van der Waals surface area contributed by atoms with Gasteiger partial charge in [0.25, 0.3) is 0 Å². The van der Waals surface area contributed by atoms with Gasteiger partial charge in [-0.15, -0.1) is 0 Å². The lowest BCUT2D eigenvalue weighted by Crippen LogP contribution is -2.60. The van der Waals surface area contributed by atoms with Gasteiger partial charge in [-0.05, 0) is 18.5 Å². The Hall–Kier alpha value is -2.97. The number of anilines is 1. The minimum Gasteiger partial charge on any atom is -0.353 e. The van der Waals surface area contributed by atoms with Crippen molar-refractivity contribution in [3.05, 3.63) is 42.5 Å². The van der Waals surface area contributed by atoms with E-state index in [1.54, 1.807) is 4.90 Å². The normalized spacial score (nSPS) is 20.5. The summed E-state index contributed by atoms with van der Waals surface area (Å²) in [4.78, 5) is 44.3. The van der Waals surface area contributed by atoms with E-state index in [0.29, 0.717) is 18.8 Å². The molecule has 8 heteroatoms. The van der Waals surface area contributed by atoms with Gasteiger partial charge in [0, 0.05) is 50.3 Å². The quantitative estimate of drug-likeness (QED) is 0.741. The number of benzene rings is 2. The molecular formula is C23H29N5O3. The molecule has 1 atom stereocenters. The van der Waals surface area contributed by atoms with Gasteiger partial charge in [-0.3, -0.25) is 19.3 Å². The molecule has 0 spiro atoms. The zero-order chi connectivity index (χ0) is 21.8. The molecular weight excluding hydrogens is 394 g/mol. The summed E-state index contributed by atoms with van der Waals surface area (Å²) in [5.41, 5.74) is 0.703. The minimum atomic E-state index is -0.788. The van der Waals surface area contributed by atoms with Gasteiger partial charge in [-0.2, -0.15) is 0 Å². The van der Waals surface area contributed by atoms with Crippen molar-refractivity contribution >= 4 is 34.2 Å². The molecule has 2 aliphatic heterocycles. The van der Waals surface area contributed by atoms with E-state index in [-0.39, 0.29) is 30.7 Å². The molecule has 2 heterocycles. The molecule has 2 aromatic carbocycles. The smallest absolute Gasteiger partial charge is 0.243 e. The first kappa shape index (κ1) is 21.3. The first-order chi connectivity index (χ1) is 15.0. The van der Waals surface area contributed by atoms with Crippen LogP contribution in [0.3, 0.4) is 0 Å². The Kier molecular flexibility index (Phi) is 6.48. The maximum absolute atomic E-state index is 13.0. The number of fused-ring (bicyclic) bond motifs is 1. The maximum atomic E-state index is 13.0. The number of hydrogen-bond donors (Lipinski definition) is 2. The van der Waals surface area contributed by atoms with Gasteiger partial charge in [-0.25, -0.2) is 0 Å². The van der Waals surface area contributed by atoms with Crippen LogP contribution in [0, 0.1) is 0 Å². The topological polar surface area (TPSA) is 85.0 Å². The van der Waals surface area contributed by atoms with Crippen molar-refractivity contribution in [1.29, 1.82) is 0 Å². The third-order valence-electron chi connectivity index (χ3n) is 6.05. The maximum Gasteiger partial charge on any atom is 0.243 e. The summed E-state index contributed by atoms with van der Waals surface area (Å²) < 4.78 is 0. The second-order valence-electron chi connectivity index (χ2n) is 8.25. The summed E-state index contributed by atoms with van der Waals surface area (Å²) in [7, 11) is 2.07. The van der Waals surface area contributed by atoms with Crippen molar-refractivity contribution in [2.75, 3.05) is 58.2 Å². The Balaban J connectivity index is 1.42. The predicted molar refractivity (Wildman–Crippen MR) is 120 cm³/mol. The number of carbonyl (C=O) groups excluding carboxylic acids is 3. The minimum absolute atomic E-state index is 0.0659. The number of rotatable bonds is 5. The first-order valence-corrected chi connectivity index (χ1v) is 10.8. The summed E-state index contributed by atoms with van der Waals surface area (Å²) in [5.74, 6) is -0.649. The van der Waals surface area contributed by atoms with E-state index in [1.807, 2.05) is 42.5 Å². The largest absolute Gasteiger partial charge is 0.353 e. The zero-order valence-corrected chi connectivity index (χ0v) is 17.8. The fraction of sp³-hybridized carbons (Fsp3) is 0.435. The van der Waals surface area contributed by atoms with Crippen LogP contribution in [0.4, 0.5) is 5.69 Å². The highest BCUT2D eigenvalue weighted by Crippen LogP contribution is 2.23. The average molecular weight is 424 g/mol. The second kappa shape index (κ2) is 9.45. The lowest BCUT2D eigenvalue weighted by atomic mass is 10.1. The highest BCUT2D eigenvalue weighted by Gasteiger charge is 2.35. The van der Waals surface area contributed by atoms with Crippen molar-refractivity contribution in [2.45, 2.75) is 12.5 Å². The summed E-state index contributed by atoms with van der Waals surface area (Å²) >= 11 is 0. The molecule has 0 saturated carbocycles. The standard InChI is InChI=1S/C23H29N5O3/c1-26-11-13-27(14-12-26)16-22(30)28-10-9-24-23(31)20(28)15-21(29)25-19-8-4-6-17-5-2-3-7-18(17)19/h2-8,20H,9-16H2,1H3,(H,24,31)(H,25,29)/t20-/m1/s1. The van der Waals surface area contributed by atoms with E-state index in [9.17, 15) is 14.4 Å². The van der Waals surface area contributed by atoms with E-state index in [2.05, 4.69) is 27.5 Å². The molecule has 164 valence electrons. The van der Waals surface area contributed by atoms with Gasteiger partial charge < -0.3 is 20.4 Å². The molecule has 8 nitrogen and oxygen atoms in total. The fourth-order valence-electron chi connectivity index (χ4n) is 4.22. The molecule has 0 radical (unpaired) electrons. The summed E-state index contributed by atoms with van der Waals surface area (Å²) in [6.45, 7) is 4.61. The Morgan fingerprint density at radius 3 is 2.58 bits per heavy atom. The molecule has 2 aliphatic rings. The number of piperazine rings is 2. The second-order valence-corrected chi connectivity index (χ2v) is 8.25. The van der Waals surface area contributed by atoms with Gasteiger partial charge in [0.05, 0.1) is 13.0 Å². The molecule has 0 unspecified atom stereocenters. The molecule has 4 rings (SSSR count). The molecule has 0 aromatic heterocycles. The molecule has 2 saturated heterocycles. The van der Waals surface area contributed by atoms with E-state index >= 15 is 0 Å². The molecule has 2 N–H and O–H groups in total. The van der Waals surface area contributed by atoms with Crippen LogP contribution < -0.4 is 10.6 Å². The van der Waals surface area contributed by atoms with E-state index in [1.165, 1.54) is 0 Å². The molecule has 0 aliphatic carbocycles. The van der Waals surface area contributed by atoms with Crippen LogP contribution in [0.5, 0.6) is 0 Å². The lowest BCUT2D eigenvalue weighted by Gasteiger charge is -2.37. The van der Waals surface area contributed by atoms with Crippen LogP contribution in [0.2, 0.25) is 0 Å². The molecule has 3 amide bonds. The Morgan fingerprint density at radius 1 is 1.03 bits per heavy atom. The summed E-state index contributed by atoms with van der Waals surface area (Å²) in [6.07, 6.45) is -0.0659. The molecule has 0 bridgehead atoms. The number of likely N-dealkylation sites (N-methyl/N-ethyl adjacent to an activating group) is 1. The average Bonchev–Trinajstić information content (AvgIpc) is 2.77. The van der Waals surface area contributed by atoms with Crippen LogP contribution in [0.15, 0.2) is 42.5 Å².